The first-order valence-electron chi connectivity index (χ1n) is 22.2. The molecule has 0 saturated carbocycles. The van der Waals surface area contributed by atoms with E-state index in [9.17, 15) is 0 Å². The second-order valence-corrected chi connectivity index (χ2v) is 17.2. The second kappa shape index (κ2) is 14.9. The summed E-state index contributed by atoms with van der Waals surface area (Å²) in [7, 11) is 0. The summed E-state index contributed by atoms with van der Waals surface area (Å²) in [5.74, 6) is 0. The van der Waals surface area contributed by atoms with E-state index in [1.807, 2.05) is 36.4 Å². The molecule has 2 heterocycles. The molecule has 13 rings (SSSR count). The lowest BCUT2D eigenvalue weighted by molar-refractivity contribution is 0.669. The minimum absolute atomic E-state index is 0.238. The number of para-hydroxylation sites is 4. The molecule has 1 aliphatic carbocycles. The van der Waals surface area contributed by atoms with Crippen molar-refractivity contribution in [3.63, 3.8) is 0 Å². The van der Waals surface area contributed by atoms with E-state index in [1.165, 1.54) is 0 Å². The molecule has 2 N–H and O–H groups in total. The molecule has 0 atom stereocenters. The number of hydrogen-bond donors (Lipinski definition) is 2. The monoisotopic (exact) mass is 842 g/mol. The zero-order chi connectivity index (χ0) is 43.9. The lowest BCUT2D eigenvalue weighted by atomic mass is 9.80. The molecule has 2 aromatic heterocycles. The number of nitrogens with one attached hydrogen (secondary N) is 2. The van der Waals surface area contributed by atoms with Gasteiger partial charge in [0.15, 0.2) is 0 Å². The minimum atomic E-state index is 0.238. The highest BCUT2D eigenvalue weighted by Crippen LogP contribution is 2.42. The molecule has 308 valence electrons. The molecule has 0 spiro atoms. The predicted octanol–water partition coefficient (Wildman–Crippen LogP) is 16.9. The van der Waals surface area contributed by atoms with Crippen LogP contribution in [0.15, 0.2) is 227 Å². The topological polar surface area (TPSA) is 74.0 Å². The third-order valence-electron chi connectivity index (χ3n) is 13.3. The summed E-state index contributed by atoms with van der Waals surface area (Å²) in [6.07, 6.45) is 0. The van der Waals surface area contributed by atoms with Crippen LogP contribution >= 0.6 is 0 Å². The zero-order valence-corrected chi connectivity index (χ0v) is 35.6. The summed E-state index contributed by atoms with van der Waals surface area (Å²) in [5.41, 5.74) is 20.5. The van der Waals surface area contributed by atoms with Gasteiger partial charge in [-0.3, -0.25) is 10.8 Å². The van der Waals surface area contributed by atoms with Crippen LogP contribution in [0.4, 0.5) is 0 Å². The van der Waals surface area contributed by atoms with Gasteiger partial charge in [-0.15, -0.1) is 0 Å². The molecule has 4 nitrogen and oxygen atoms in total. The van der Waals surface area contributed by atoms with Gasteiger partial charge in [-0.2, -0.15) is 0 Å². The van der Waals surface area contributed by atoms with E-state index >= 15 is 0 Å². The smallest absolute Gasteiger partial charge is 0.143 e. The SMILES string of the molecule is N=C1C(=N)c2ccc(-c3cccc(-c4cccc(-c5cccc6c5oc5ccccc56)c4)c3)cc2-c2cc(-c3cccc(-c4cccc(-c5cccc6c5oc5ccccc56)c4)c3)ccc21. The van der Waals surface area contributed by atoms with Gasteiger partial charge in [-0.05, 0) is 115 Å². The Hall–Kier alpha value is -8.86. The standard InChI is InChI=1S/C62H38N2O2/c63-59-51-29-27-43(39-13-5-11-37(31-39)41-15-7-17-45(33-41)47-21-9-23-53-49-19-1-3-25-57(49)65-61(47)53)35-55(51)56-36-44(28-30-52(56)60(59)64)40-14-6-12-38(32-40)42-16-8-18-46(34-42)48-22-10-24-54-50-20-2-4-26-58(50)66-62(48)54/h1-36,63-64H. The van der Waals surface area contributed by atoms with Gasteiger partial charge in [-0.1, -0.05) is 170 Å². The molecular formula is C62H38N2O2. The van der Waals surface area contributed by atoms with Crippen LogP contribution in [0.1, 0.15) is 11.1 Å². The Morgan fingerprint density at radius 1 is 0.227 bits per heavy atom. The molecule has 0 amide bonds. The highest BCUT2D eigenvalue weighted by atomic mass is 16.3. The third kappa shape index (κ3) is 6.07. The van der Waals surface area contributed by atoms with Gasteiger partial charge in [0.1, 0.15) is 22.3 Å². The summed E-state index contributed by atoms with van der Waals surface area (Å²) in [6.45, 7) is 0. The molecule has 0 bridgehead atoms. The van der Waals surface area contributed by atoms with Gasteiger partial charge in [0, 0.05) is 43.8 Å². The normalized spacial score (nSPS) is 12.3. The van der Waals surface area contributed by atoms with Gasteiger partial charge in [0.25, 0.3) is 0 Å². The molecule has 0 fully saturated rings. The van der Waals surface area contributed by atoms with E-state index in [4.69, 9.17) is 19.7 Å². The fourth-order valence-corrected chi connectivity index (χ4v) is 10.0. The van der Waals surface area contributed by atoms with E-state index in [0.29, 0.717) is 0 Å². The molecular weight excluding hydrogens is 805 g/mol. The van der Waals surface area contributed by atoms with E-state index in [-0.39, 0.29) is 11.4 Å². The van der Waals surface area contributed by atoms with Gasteiger partial charge in [-0.25, -0.2) is 0 Å². The van der Waals surface area contributed by atoms with Crippen molar-refractivity contribution in [3.05, 3.63) is 230 Å². The molecule has 10 aromatic carbocycles. The summed E-state index contributed by atoms with van der Waals surface area (Å²) < 4.78 is 12.8. The summed E-state index contributed by atoms with van der Waals surface area (Å²) in [5, 5.41) is 22.6. The number of fused-ring (bicyclic) bond motifs is 9. The molecule has 0 radical (unpaired) electrons. The van der Waals surface area contributed by atoms with Crippen LogP contribution in [0.3, 0.4) is 0 Å². The summed E-state index contributed by atoms with van der Waals surface area (Å²) in [6, 6.07) is 76.4. The second-order valence-electron chi connectivity index (χ2n) is 17.2. The Kier molecular flexibility index (Phi) is 8.49. The molecule has 0 aliphatic heterocycles. The molecule has 0 saturated heterocycles. The van der Waals surface area contributed by atoms with E-state index in [0.717, 1.165) is 133 Å². The first-order valence-corrected chi connectivity index (χ1v) is 22.2. The van der Waals surface area contributed by atoms with Crippen molar-refractivity contribution >= 4 is 55.3 Å². The van der Waals surface area contributed by atoms with Crippen molar-refractivity contribution in [2.75, 3.05) is 0 Å². The van der Waals surface area contributed by atoms with Crippen LogP contribution < -0.4 is 0 Å². The number of hydrogen-bond acceptors (Lipinski definition) is 4. The molecule has 1 aliphatic rings. The first-order chi connectivity index (χ1) is 32.5. The van der Waals surface area contributed by atoms with Crippen LogP contribution in [0, 0.1) is 10.8 Å². The number of furan rings is 2. The van der Waals surface area contributed by atoms with Crippen molar-refractivity contribution in [3.8, 4) is 77.9 Å². The van der Waals surface area contributed by atoms with Crippen LogP contribution in [0.2, 0.25) is 0 Å². The Morgan fingerprint density at radius 2 is 0.545 bits per heavy atom. The Balaban J connectivity index is 0.842. The van der Waals surface area contributed by atoms with Gasteiger partial charge in [0.05, 0.1) is 11.4 Å². The van der Waals surface area contributed by atoms with Crippen molar-refractivity contribution < 1.29 is 8.83 Å². The van der Waals surface area contributed by atoms with Crippen LogP contribution in [0.25, 0.3) is 122 Å². The number of rotatable bonds is 6. The number of benzene rings is 10. The van der Waals surface area contributed by atoms with Crippen molar-refractivity contribution in [1.29, 1.82) is 10.8 Å². The lowest BCUT2D eigenvalue weighted by Gasteiger charge is -2.23. The van der Waals surface area contributed by atoms with E-state index < -0.39 is 0 Å². The Morgan fingerprint density at radius 3 is 0.955 bits per heavy atom. The lowest BCUT2D eigenvalue weighted by Crippen LogP contribution is -2.21. The zero-order valence-electron chi connectivity index (χ0n) is 35.6. The van der Waals surface area contributed by atoms with Crippen LogP contribution in [0.5, 0.6) is 0 Å². The Labute approximate surface area is 380 Å². The highest BCUT2D eigenvalue weighted by Gasteiger charge is 2.26. The largest absolute Gasteiger partial charge is 0.455 e. The Bertz CT molecular complexity index is 3740. The molecule has 12 aromatic rings. The van der Waals surface area contributed by atoms with E-state index in [1.54, 1.807) is 0 Å². The molecule has 66 heavy (non-hydrogen) atoms. The maximum atomic E-state index is 9.06. The van der Waals surface area contributed by atoms with Crippen LogP contribution in [-0.4, -0.2) is 11.4 Å². The average molecular weight is 843 g/mol. The fraction of sp³-hybridized carbons (Fsp3) is 0. The summed E-state index contributed by atoms with van der Waals surface area (Å²) in [4.78, 5) is 0. The fourth-order valence-electron chi connectivity index (χ4n) is 10.0. The van der Waals surface area contributed by atoms with Crippen molar-refractivity contribution in [1.82, 2.24) is 0 Å². The third-order valence-corrected chi connectivity index (χ3v) is 13.3. The minimum Gasteiger partial charge on any atom is -0.455 e. The van der Waals surface area contributed by atoms with E-state index in [2.05, 4.69) is 182 Å². The quantitative estimate of drug-likeness (QED) is 0.175. The summed E-state index contributed by atoms with van der Waals surface area (Å²) >= 11 is 0. The maximum Gasteiger partial charge on any atom is 0.143 e. The van der Waals surface area contributed by atoms with Crippen molar-refractivity contribution in [2.45, 2.75) is 0 Å². The van der Waals surface area contributed by atoms with Gasteiger partial charge in [0.2, 0.25) is 0 Å². The molecule has 4 heteroatoms. The van der Waals surface area contributed by atoms with Gasteiger partial charge >= 0.3 is 0 Å². The average Bonchev–Trinajstić information content (AvgIpc) is 3.97. The highest BCUT2D eigenvalue weighted by molar-refractivity contribution is 6.55. The molecule has 0 unspecified atom stereocenters. The maximum absolute atomic E-state index is 9.06. The van der Waals surface area contributed by atoms with Crippen molar-refractivity contribution in [2.24, 2.45) is 0 Å². The van der Waals surface area contributed by atoms with Gasteiger partial charge < -0.3 is 8.83 Å². The predicted molar refractivity (Wildman–Crippen MR) is 273 cm³/mol. The first kappa shape index (κ1) is 37.7. The van der Waals surface area contributed by atoms with Crippen LogP contribution in [-0.2, 0) is 0 Å².